The number of benzene rings is 1. The Bertz CT molecular complexity index is 390. The van der Waals surface area contributed by atoms with E-state index in [1.54, 1.807) is 11.8 Å². The monoisotopic (exact) mass is 218 g/mol. The van der Waals surface area contributed by atoms with Crippen molar-refractivity contribution in [3.8, 4) is 0 Å². The maximum absolute atomic E-state index is 10.9. The first-order valence-corrected chi connectivity index (χ1v) is 6.39. The van der Waals surface area contributed by atoms with Gasteiger partial charge in [0.15, 0.2) is 0 Å². The van der Waals surface area contributed by atoms with E-state index in [4.69, 9.17) is 0 Å². The zero-order valence-electron chi connectivity index (χ0n) is 8.82. The summed E-state index contributed by atoms with van der Waals surface area (Å²) in [5.74, 6) is 0. The lowest BCUT2D eigenvalue weighted by molar-refractivity contribution is -0.104. The van der Waals surface area contributed by atoms with Crippen molar-refractivity contribution in [3.63, 3.8) is 0 Å². The van der Waals surface area contributed by atoms with Gasteiger partial charge in [0.2, 0.25) is 0 Å². The van der Waals surface area contributed by atoms with Gasteiger partial charge in [0.1, 0.15) is 6.29 Å². The highest BCUT2D eigenvalue weighted by Gasteiger charge is 2.14. The molecule has 1 nitrogen and oxygen atoms in total. The van der Waals surface area contributed by atoms with Crippen LogP contribution in [0, 0.1) is 0 Å². The third-order valence-electron chi connectivity index (χ3n) is 2.84. The largest absolute Gasteiger partial charge is 0.298 e. The summed E-state index contributed by atoms with van der Waals surface area (Å²) in [6.07, 6.45) is 6.20. The molecule has 1 aliphatic rings. The van der Waals surface area contributed by atoms with Crippen LogP contribution >= 0.6 is 11.8 Å². The number of carbonyl (C=O) groups is 1. The molecule has 0 heterocycles. The van der Waals surface area contributed by atoms with Crippen LogP contribution in [0.25, 0.3) is 5.57 Å². The van der Waals surface area contributed by atoms with Crippen molar-refractivity contribution in [2.45, 2.75) is 24.2 Å². The van der Waals surface area contributed by atoms with Gasteiger partial charge in [-0.25, -0.2) is 0 Å². The SMILES string of the molecule is CSc1ccc(C2=C(C=O)CCC2)cc1. The van der Waals surface area contributed by atoms with Crippen LogP contribution in [0.3, 0.4) is 0 Å². The fourth-order valence-electron chi connectivity index (χ4n) is 2.02. The van der Waals surface area contributed by atoms with Crippen LogP contribution in [-0.4, -0.2) is 12.5 Å². The molecule has 0 aliphatic heterocycles. The minimum absolute atomic E-state index is 0.948. The van der Waals surface area contributed by atoms with Crippen molar-refractivity contribution in [2.24, 2.45) is 0 Å². The first kappa shape index (κ1) is 10.5. The minimum atomic E-state index is 0.948. The number of carbonyl (C=O) groups excluding carboxylic acids is 1. The highest BCUT2D eigenvalue weighted by atomic mass is 32.2. The first-order chi connectivity index (χ1) is 7.35. The minimum Gasteiger partial charge on any atom is -0.298 e. The maximum atomic E-state index is 10.9. The summed E-state index contributed by atoms with van der Waals surface area (Å²) >= 11 is 1.74. The second-order valence-corrected chi connectivity index (χ2v) is 4.58. The average molecular weight is 218 g/mol. The van der Waals surface area contributed by atoms with Crippen LogP contribution in [-0.2, 0) is 4.79 Å². The number of hydrogen-bond acceptors (Lipinski definition) is 2. The summed E-state index contributed by atoms with van der Waals surface area (Å²) in [5.41, 5.74) is 3.46. The van der Waals surface area contributed by atoms with Crippen molar-refractivity contribution in [1.82, 2.24) is 0 Å². The van der Waals surface area contributed by atoms with Crippen molar-refractivity contribution >= 4 is 23.6 Å². The zero-order chi connectivity index (χ0) is 10.7. The molecule has 0 N–H and O–H groups in total. The average Bonchev–Trinajstić information content (AvgIpc) is 2.77. The van der Waals surface area contributed by atoms with Gasteiger partial charge in [-0.3, -0.25) is 4.79 Å². The van der Waals surface area contributed by atoms with Gasteiger partial charge in [-0.05, 0) is 54.4 Å². The molecule has 1 aromatic rings. The van der Waals surface area contributed by atoms with Gasteiger partial charge in [0.05, 0.1) is 0 Å². The second kappa shape index (κ2) is 4.67. The lowest BCUT2D eigenvalue weighted by atomic mass is 10.0. The van der Waals surface area contributed by atoms with Gasteiger partial charge in [0.25, 0.3) is 0 Å². The molecule has 0 amide bonds. The van der Waals surface area contributed by atoms with Crippen molar-refractivity contribution in [3.05, 3.63) is 35.4 Å². The Morgan fingerprint density at radius 2 is 1.93 bits per heavy atom. The smallest absolute Gasteiger partial charge is 0.146 e. The van der Waals surface area contributed by atoms with E-state index in [0.29, 0.717) is 0 Å². The summed E-state index contributed by atoms with van der Waals surface area (Å²) in [6, 6.07) is 8.48. The molecule has 0 bridgehead atoms. The molecule has 0 atom stereocenters. The molecule has 0 radical (unpaired) electrons. The van der Waals surface area contributed by atoms with Crippen molar-refractivity contribution in [1.29, 1.82) is 0 Å². The van der Waals surface area contributed by atoms with E-state index >= 15 is 0 Å². The molecular formula is C13H14OS. The Labute approximate surface area is 94.6 Å². The second-order valence-electron chi connectivity index (χ2n) is 3.70. The summed E-state index contributed by atoms with van der Waals surface area (Å²) in [5, 5.41) is 0. The molecule has 0 saturated heterocycles. The van der Waals surface area contributed by atoms with E-state index in [1.165, 1.54) is 16.0 Å². The predicted octanol–water partition coefficient (Wildman–Crippen LogP) is 3.54. The molecule has 2 heteroatoms. The molecule has 78 valence electrons. The molecule has 0 spiro atoms. The van der Waals surface area contributed by atoms with Crippen LogP contribution in [0.5, 0.6) is 0 Å². The Kier molecular flexibility index (Phi) is 3.27. The molecule has 0 saturated carbocycles. The molecule has 15 heavy (non-hydrogen) atoms. The number of thioether (sulfide) groups is 1. The Hall–Kier alpha value is -1.02. The van der Waals surface area contributed by atoms with Crippen LogP contribution in [0.1, 0.15) is 24.8 Å². The molecule has 0 fully saturated rings. The Morgan fingerprint density at radius 1 is 1.20 bits per heavy atom. The molecule has 1 aromatic carbocycles. The van der Waals surface area contributed by atoms with Crippen LogP contribution < -0.4 is 0 Å². The quantitative estimate of drug-likeness (QED) is 0.570. The van der Waals surface area contributed by atoms with E-state index < -0.39 is 0 Å². The summed E-state index contributed by atoms with van der Waals surface area (Å²) in [7, 11) is 0. The topological polar surface area (TPSA) is 17.1 Å². The fraction of sp³-hybridized carbons (Fsp3) is 0.308. The van der Waals surface area contributed by atoms with E-state index in [-0.39, 0.29) is 0 Å². The van der Waals surface area contributed by atoms with E-state index in [9.17, 15) is 4.79 Å². The zero-order valence-corrected chi connectivity index (χ0v) is 9.64. The predicted molar refractivity (Wildman–Crippen MR) is 65.1 cm³/mol. The molecule has 1 aliphatic carbocycles. The van der Waals surface area contributed by atoms with Gasteiger partial charge in [0, 0.05) is 4.90 Å². The van der Waals surface area contributed by atoms with Crippen molar-refractivity contribution in [2.75, 3.05) is 6.26 Å². The lowest BCUT2D eigenvalue weighted by Crippen LogP contribution is -1.86. The summed E-state index contributed by atoms with van der Waals surface area (Å²) in [4.78, 5) is 12.1. The maximum Gasteiger partial charge on any atom is 0.146 e. The van der Waals surface area contributed by atoms with E-state index in [0.717, 1.165) is 31.1 Å². The number of rotatable bonds is 3. The van der Waals surface area contributed by atoms with Gasteiger partial charge in [-0.15, -0.1) is 11.8 Å². The highest BCUT2D eigenvalue weighted by Crippen LogP contribution is 2.33. The third kappa shape index (κ3) is 2.15. The van der Waals surface area contributed by atoms with E-state index in [2.05, 4.69) is 30.5 Å². The van der Waals surface area contributed by atoms with Crippen LogP contribution in [0.4, 0.5) is 0 Å². The molecule has 0 aromatic heterocycles. The lowest BCUT2D eigenvalue weighted by Gasteiger charge is -2.04. The fourth-order valence-corrected chi connectivity index (χ4v) is 2.43. The third-order valence-corrected chi connectivity index (χ3v) is 3.58. The number of aldehydes is 1. The molecule has 0 unspecified atom stereocenters. The Morgan fingerprint density at radius 3 is 2.53 bits per heavy atom. The van der Waals surface area contributed by atoms with Crippen molar-refractivity contribution < 1.29 is 4.79 Å². The normalized spacial score (nSPS) is 15.8. The highest BCUT2D eigenvalue weighted by molar-refractivity contribution is 7.98. The standard InChI is InChI=1S/C13H14OS/c1-15-12-7-5-10(6-8-12)13-4-2-3-11(13)9-14/h5-9H,2-4H2,1H3. The van der Waals surface area contributed by atoms with Gasteiger partial charge in [-0.1, -0.05) is 12.1 Å². The molecular weight excluding hydrogens is 204 g/mol. The van der Waals surface area contributed by atoms with Crippen LogP contribution in [0.2, 0.25) is 0 Å². The van der Waals surface area contributed by atoms with E-state index in [1.807, 2.05) is 0 Å². The van der Waals surface area contributed by atoms with Gasteiger partial charge < -0.3 is 0 Å². The number of allylic oxidation sites excluding steroid dienone is 2. The van der Waals surface area contributed by atoms with Gasteiger partial charge in [-0.2, -0.15) is 0 Å². The van der Waals surface area contributed by atoms with Crippen LogP contribution in [0.15, 0.2) is 34.7 Å². The number of hydrogen-bond donors (Lipinski definition) is 0. The van der Waals surface area contributed by atoms with Gasteiger partial charge >= 0.3 is 0 Å². The molecule has 2 rings (SSSR count). The Balaban J connectivity index is 2.33. The first-order valence-electron chi connectivity index (χ1n) is 5.17. The summed E-state index contributed by atoms with van der Waals surface area (Å²) in [6.45, 7) is 0. The summed E-state index contributed by atoms with van der Waals surface area (Å²) < 4.78 is 0.